The molecule has 1 fully saturated rings. The van der Waals surface area contributed by atoms with Gasteiger partial charge in [-0.1, -0.05) is 30.7 Å². The van der Waals surface area contributed by atoms with E-state index in [-0.39, 0.29) is 11.7 Å². The standard InChI is InChI=1S/C26H29FN4O2/c1-17-11-12-19(24(14-17)33-3)16-31-13-7-6-10-23(31)25-28-15-20(18(2)29-25)26(32)30-22-9-5-4-8-21(22)27/h4-5,8-9,11-12,14-15,23H,6-7,10,13,16H2,1-3H3,(H,30,32). The molecule has 4 rings (SSSR count). The molecule has 6 nitrogen and oxygen atoms in total. The van der Waals surface area contributed by atoms with E-state index in [9.17, 15) is 9.18 Å². The Bertz CT molecular complexity index is 1150. The number of likely N-dealkylation sites (tertiary alicyclic amines) is 1. The topological polar surface area (TPSA) is 67.3 Å². The third-order valence-electron chi connectivity index (χ3n) is 6.09. The highest BCUT2D eigenvalue weighted by molar-refractivity contribution is 6.04. The van der Waals surface area contributed by atoms with Gasteiger partial charge in [-0.15, -0.1) is 0 Å². The minimum absolute atomic E-state index is 0.0622. The number of benzene rings is 2. The van der Waals surface area contributed by atoms with E-state index >= 15 is 0 Å². The lowest BCUT2D eigenvalue weighted by molar-refractivity contribution is 0.102. The van der Waals surface area contributed by atoms with Gasteiger partial charge in [-0.25, -0.2) is 14.4 Å². The van der Waals surface area contributed by atoms with Crippen molar-refractivity contribution in [3.63, 3.8) is 0 Å². The molecule has 1 unspecified atom stereocenters. The van der Waals surface area contributed by atoms with E-state index < -0.39 is 11.7 Å². The van der Waals surface area contributed by atoms with E-state index in [1.165, 1.54) is 12.1 Å². The van der Waals surface area contributed by atoms with Crippen LogP contribution in [-0.4, -0.2) is 34.4 Å². The molecule has 1 atom stereocenters. The third-order valence-corrected chi connectivity index (χ3v) is 6.09. The molecule has 1 aliphatic heterocycles. The minimum atomic E-state index is -0.481. The second-order valence-corrected chi connectivity index (χ2v) is 8.46. The summed E-state index contributed by atoms with van der Waals surface area (Å²) in [6.45, 7) is 5.53. The van der Waals surface area contributed by atoms with Crippen molar-refractivity contribution in [3.8, 4) is 5.75 Å². The van der Waals surface area contributed by atoms with Gasteiger partial charge in [0.05, 0.1) is 30.1 Å². The molecule has 1 N–H and O–H groups in total. The van der Waals surface area contributed by atoms with Crippen LogP contribution in [-0.2, 0) is 6.54 Å². The van der Waals surface area contributed by atoms with Gasteiger partial charge >= 0.3 is 0 Å². The molecule has 0 radical (unpaired) electrons. The maximum absolute atomic E-state index is 13.9. The number of halogens is 1. The second-order valence-electron chi connectivity index (χ2n) is 8.46. The summed E-state index contributed by atoms with van der Waals surface area (Å²) in [6, 6.07) is 12.4. The molecular weight excluding hydrogens is 419 g/mol. The summed E-state index contributed by atoms with van der Waals surface area (Å²) in [7, 11) is 1.70. The largest absolute Gasteiger partial charge is 0.496 e. The van der Waals surface area contributed by atoms with Crippen molar-refractivity contribution in [2.24, 2.45) is 0 Å². The summed E-state index contributed by atoms with van der Waals surface area (Å²) in [5.74, 6) is 0.691. The molecule has 1 amide bonds. The van der Waals surface area contributed by atoms with E-state index in [1.54, 1.807) is 32.4 Å². The average molecular weight is 449 g/mol. The number of amides is 1. The van der Waals surface area contributed by atoms with Crippen molar-refractivity contribution in [2.75, 3.05) is 19.0 Å². The number of nitrogens with zero attached hydrogens (tertiary/aromatic N) is 3. The van der Waals surface area contributed by atoms with Crippen LogP contribution >= 0.6 is 0 Å². The number of piperidine rings is 1. The number of aromatic nitrogens is 2. The fourth-order valence-corrected chi connectivity index (χ4v) is 4.29. The summed E-state index contributed by atoms with van der Waals surface area (Å²) in [5.41, 5.74) is 3.34. The highest BCUT2D eigenvalue weighted by atomic mass is 19.1. The summed E-state index contributed by atoms with van der Waals surface area (Å²) in [4.78, 5) is 24.3. The van der Waals surface area contributed by atoms with Gasteiger partial charge in [-0.3, -0.25) is 9.69 Å². The first kappa shape index (κ1) is 22.9. The molecule has 33 heavy (non-hydrogen) atoms. The first-order chi connectivity index (χ1) is 16.0. The molecule has 2 aromatic carbocycles. The Balaban J connectivity index is 1.54. The normalized spacial score (nSPS) is 16.4. The zero-order valence-corrected chi connectivity index (χ0v) is 19.3. The Morgan fingerprint density at radius 3 is 2.79 bits per heavy atom. The number of ether oxygens (including phenoxy) is 1. The molecule has 7 heteroatoms. The van der Waals surface area contributed by atoms with Crippen molar-refractivity contribution >= 4 is 11.6 Å². The van der Waals surface area contributed by atoms with E-state index in [4.69, 9.17) is 9.72 Å². The first-order valence-corrected chi connectivity index (χ1v) is 11.2. The Morgan fingerprint density at radius 1 is 1.21 bits per heavy atom. The summed E-state index contributed by atoms with van der Waals surface area (Å²) >= 11 is 0. The Labute approximate surface area is 193 Å². The molecule has 0 bridgehead atoms. The number of hydrogen-bond acceptors (Lipinski definition) is 5. The van der Waals surface area contributed by atoms with Gasteiger partial charge < -0.3 is 10.1 Å². The number of aryl methyl sites for hydroxylation is 2. The van der Waals surface area contributed by atoms with Gasteiger partial charge in [0.1, 0.15) is 17.4 Å². The zero-order valence-electron chi connectivity index (χ0n) is 19.3. The minimum Gasteiger partial charge on any atom is -0.496 e. The fraction of sp³-hybridized carbons (Fsp3) is 0.346. The van der Waals surface area contributed by atoms with Crippen LogP contribution in [0.3, 0.4) is 0 Å². The van der Waals surface area contributed by atoms with E-state index in [1.807, 2.05) is 0 Å². The van der Waals surface area contributed by atoms with E-state index in [0.717, 1.165) is 49.2 Å². The van der Waals surface area contributed by atoms with Crippen LogP contribution in [0.4, 0.5) is 10.1 Å². The molecule has 172 valence electrons. The maximum Gasteiger partial charge on any atom is 0.259 e. The van der Waals surface area contributed by atoms with E-state index in [2.05, 4.69) is 40.3 Å². The summed E-state index contributed by atoms with van der Waals surface area (Å²) in [6.07, 6.45) is 4.72. The molecule has 3 aromatic rings. The molecular formula is C26H29FN4O2. The van der Waals surface area contributed by atoms with Crippen molar-refractivity contribution in [1.82, 2.24) is 14.9 Å². The summed E-state index contributed by atoms with van der Waals surface area (Å²) < 4.78 is 19.5. The predicted octanol–water partition coefficient (Wildman–Crippen LogP) is 5.22. The quantitative estimate of drug-likeness (QED) is 0.560. The molecule has 0 spiro atoms. The number of rotatable bonds is 6. The van der Waals surface area contributed by atoms with Crippen molar-refractivity contribution in [1.29, 1.82) is 0 Å². The van der Waals surface area contributed by atoms with Gasteiger partial charge in [0, 0.05) is 18.3 Å². The lowest BCUT2D eigenvalue weighted by Crippen LogP contribution is -2.34. The van der Waals surface area contributed by atoms with Gasteiger partial charge in [-0.2, -0.15) is 0 Å². The van der Waals surface area contributed by atoms with E-state index in [0.29, 0.717) is 17.1 Å². The maximum atomic E-state index is 13.9. The molecule has 2 heterocycles. The van der Waals surface area contributed by atoms with Gasteiger partial charge in [0.2, 0.25) is 0 Å². The summed E-state index contributed by atoms with van der Waals surface area (Å²) in [5, 5.41) is 2.61. The van der Waals surface area contributed by atoms with Crippen LogP contribution < -0.4 is 10.1 Å². The number of carbonyl (C=O) groups excluding carboxylic acids is 1. The SMILES string of the molecule is COc1cc(C)ccc1CN1CCCCC1c1ncc(C(=O)Nc2ccccc2F)c(C)n1. The van der Waals surface area contributed by atoms with Crippen molar-refractivity contribution in [2.45, 2.75) is 45.7 Å². The number of hydrogen-bond donors (Lipinski definition) is 1. The lowest BCUT2D eigenvalue weighted by Gasteiger charge is -2.35. The molecule has 1 saturated heterocycles. The Kier molecular flexibility index (Phi) is 6.99. The molecule has 0 saturated carbocycles. The number of carbonyl (C=O) groups is 1. The average Bonchev–Trinajstić information content (AvgIpc) is 2.82. The van der Waals surface area contributed by atoms with Gasteiger partial charge in [0.25, 0.3) is 5.91 Å². The van der Waals surface area contributed by atoms with Gasteiger partial charge in [-0.05, 0) is 57.0 Å². The highest BCUT2D eigenvalue weighted by Crippen LogP contribution is 2.32. The van der Waals surface area contributed by atoms with Crippen LogP contribution in [0.5, 0.6) is 5.75 Å². The second kappa shape index (κ2) is 10.1. The lowest BCUT2D eigenvalue weighted by atomic mass is 9.99. The van der Waals surface area contributed by atoms with Crippen LogP contribution in [0.2, 0.25) is 0 Å². The molecule has 1 aromatic heterocycles. The zero-order chi connectivity index (χ0) is 23.4. The molecule has 0 aliphatic carbocycles. The number of methoxy groups -OCH3 is 1. The van der Waals surface area contributed by atoms with Gasteiger partial charge in [0.15, 0.2) is 0 Å². The Hall–Kier alpha value is -3.32. The number of para-hydroxylation sites is 1. The Morgan fingerprint density at radius 2 is 2.03 bits per heavy atom. The number of anilines is 1. The van der Waals surface area contributed by atoms with Crippen LogP contribution in [0.25, 0.3) is 0 Å². The first-order valence-electron chi connectivity index (χ1n) is 11.2. The fourth-order valence-electron chi connectivity index (χ4n) is 4.29. The van der Waals surface area contributed by atoms with Crippen molar-refractivity contribution in [3.05, 3.63) is 82.7 Å². The smallest absolute Gasteiger partial charge is 0.259 e. The predicted molar refractivity (Wildman–Crippen MR) is 126 cm³/mol. The van der Waals surface area contributed by atoms with Crippen LogP contribution in [0.1, 0.15) is 58.3 Å². The van der Waals surface area contributed by atoms with Crippen LogP contribution in [0, 0.1) is 19.7 Å². The monoisotopic (exact) mass is 448 g/mol. The number of nitrogens with one attached hydrogen (secondary N) is 1. The van der Waals surface area contributed by atoms with Crippen molar-refractivity contribution < 1.29 is 13.9 Å². The molecule has 1 aliphatic rings. The highest BCUT2D eigenvalue weighted by Gasteiger charge is 2.28. The third kappa shape index (κ3) is 5.20. The van der Waals surface area contributed by atoms with Crippen LogP contribution in [0.15, 0.2) is 48.7 Å².